The second kappa shape index (κ2) is 9.12. The van der Waals surface area contributed by atoms with Crippen molar-refractivity contribution in [3.8, 4) is 5.88 Å². The van der Waals surface area contributed by atoms with Gasteiger partial charge in [-0.25, -0.2) is 0 Å². The highest BCUT2D eigenvalue weighted by Crippen LogP contribution is 2.29. The first-order chi connectivity index (χ1) is 9.19. The summed E-state index contributed by atoms with van der Waals surface area (Å²) in [6.07, 6.45) is 2.11. The molecule has 0 amide bonds. The summed E-state index contributed by atoms with van der Waals surface area (Å²) in [5.41, 5.74) is 0. The molecule has 0 radical (unpaired) electrons. The smallest absolute Gasteiger partial charge is 0.230 e. The summed E-state index contributed by atoms with van der Waals surface area (Å²) in [6.45, 7) is 5.54. The lowest BCUT2D eigenvalue weighted by Gasteiger charge is -2.05. The predicted molar refractivity (Wildman–Crippen MR) is 80.4 cm³/mol. The molecule has 0 bridgehead atoms. The molecule has 1 N–H and O–H groups in total. The first-order valence-corrected chi connectivity index (χ1v) is 7.50. The van der Waals surface area contributed by atoms with Crippen LogP contribution >= 0.6 is 11.3 Å². The number of rotatable bonds is 10. The molecule has 0 saturated heterocycles. The SMILES string of the molecule is CCCOCCCNCc1sc(N(C)C)nc1OC. The Bertz CT molecular complexity index is 356. The molecule has 1 heterocycles. The van der Waals surface area contributed by atoms with Crippen LogP contribution in [-0.2, 0) is 11.3 Å². The van der Waals surface area contributed by atoms with E-state index in [4.69, 9.17) is 9.47 Å². The normalized spacial score (nSPS) is 10.7. The molecule has 0 unspecified atom stereocenters. The Morgan fingerprint density at radius 1 is 1.32 bits per heavy atom. The van der Waals surface area contributed by atoms with E-state index in [0.29, 0.717) is 0 Å². The molecule has 5 nitrogen and oxygen atoms in total. The minimum absolute atomic E-state index is 0.725. The van der Waals surface area contributed by atoms with Gasteiger partial charge in [0.15, 0.2) is 5.13 Å². The highest BCUT2D eigenvalue weighted by molar-refractivity contribution is 7.15. The zero-order valence-electron chi connectivity index (χ0n) is 12.4. The summed E-state index contributed by atoms with van der Waals surface area (Å²) in [5, 5.41) is 4.37. The van der Waals surface area contributed by atoms with E-state index in [2.05, 4.69) is 17.2 Å². The molecule has 1 rings (SSSR count). The van der Waals surface area contributed by atoms with E-state index in [-0.39, 0.29) is 0 Å². The lowest BCUT2D eigenvalue weighted by Crippen LogP contribution is -2.16. The Hall–Kier alpha value is -0.850. The van der Waals surface area contributed by atoms with Crippen molar-refractivity contribution in [1.29, 1.82) is 0 Å². The number of methoxy groups -OCH3 is 1. The fourth-order valence-electron chi connectivity index (χ4n) is 1.54. The molecule has 0 saturated carbocycles. The van der Waals surface area contributed by atoms with E-state index in [1.54, 1.807) is 18.4 Å². The van der Waals surface area contributed by atoms with Crippen molar-refractivity contribution < 1.29 is 9.47 Å². The van der Waals surface area contributed by atoms with Gasteiger partial charge in [-0.2, -0.15) is 4.98 Å². The molecule has 6 heteroatoms. The molecule has 110 valence electrons. The highest BCUT2D eigenvalue weighted by Gasteiger charge is 2.12. The van der Waals surface area contributed by atoms with Crippen LogP contribution in [0.3, 0.4) is 0 Å². The van der Waals surface area contributed by atoms with E-state index >= 15 is 0 Å². The number of nitrogens with one attached hydrogen (secondary N) is 1. The van der Waals surface area contributed by atoms with Gasteiger partial charge in [0.1, 0.15) is 0 Å². The number of aromatic nitrogens is 1. The van der Waals surface area contributed by atoms with Crippen LogP contribution in [0.15, 0.2) is 0 Å². The van der Waals surface area contributed by atoms with Crippen LogP contribution in [-0.4, -0.2) is 45.9 Å². The van der Waals surface area contributed by atoms with E-state index < -0.39 is 0 Å². The fourth-order valence-corrected chi connectivity index (χ4v) is 2.46. The largest absolute Gasteiger partial charge is 0.480 e. The van der Waals surface area contributed by atoms with Crippen molar-refractivity contribution in [2.24, 2.45) is 0 Å². The van der Waals surface area contributed by atoms with Crippen LogP contribution in [0.25, 0.3) is 0 Å². The van der Waals surface area contributed by atoms with Crippen LogP contribution in [0.4, 0.5) is 5.13 Å². The number of thiazole rings is 1. The van der Waals surface area contributed by atoms with E-state index in [0.717, 1.165) is 55.0 Å². The summed E-state index contributed by atoms with van der Waals surface area (Å²) in [4.78, 5) is 7.56. The van der Waals surface area contributed by atoms with Crippen LogP contribution in [0.2, 0.25) is 0 Å². The lowest BCUT2D eigenvalue weighted by molar-refractivity contribution is 0.132. The molecule has 0 aromatic carbocycles. The first-order valence-electron chi connectivity index (χ1n) is 6.68. The van der Waals surface area contributed by atoms with Gasteiger partial charge in [0.2, 0.25) is 5.88 Å². The van der Waals surface area contributed by atoms with Crippen molar-refractivity contribution in [2.75, 3.05) is 45.9 Å². The summed E-state index contributed by atoms with van der Waals surface area (Å²) in [5.74, 6) is 0.725. The van der Waals surface area contributed by atoms with Gasteiger partial charge < -0.3 is 19.7 Å². The molecule has 0 aliphatic heterocycles. The molecule has 1 aromatic heterocycles. The van der Waals surface area contributed by atoms with Crippen molar-refractivity contribution >= 4 is 16.5 Å². The third kappa shape index (κ3) is 5.76. The topological polar surface area (TPSA) is 46.6 Å². The van der Waals surface area contributed by atoms with Crippen molar-refractivity contribution in [1.82, 2.24) is 10.3 Å². The lowest BCUT2D eigenvalue weighted by atomic mass is 10.4. The molecule has 0 fully saturated rings. The van der Waals surface area contributed by atoms with E-state index in [1.165, 1.54) is 0 Å². The Kier molecular flexibility index (Phi) is 7.78. The zero-order valence-corrected chi connectivity index (χ0v) is 13.2. The van der Waals surface area contributed by atoms with Gasteiger partial charge in [-0.3, -0.25) is 0 Å². The van der Waals surface area contributed by atoms with Crippen molar-refractivity contribution in [2.45, 2.75) is 26.3 Å². The number of anilines is 1. The van der Waals surface area contributed by atoms with Crippen LogP contribution < -0.4 is 15.0 Å². The zero-order chi connectivity index (χ0) is 14.1. The number of hydrogen-bond acceptors (Lipinski definition) is 6. The van der Waals surface area contributed by atoms with Gasteiger partial charge in [0, 0.05) is 33.9 Å². The Morgan fingerprint density at radius 3 is 2.74 bits per heavy atom. The summed E-state index contributed by atoms with van der Waals surface area (Å²) in [7, 11) is 5.64. The minimum Gasteiger partial charge on any atom is -0.480 e. The number of hydrogen-bond donors (Lipinski definition) is 1. The van der Waals surface area contributed by atoms with Gasteiger partial charge >= 0.3 is 0 Å². The molecule has 1 aromatic rings. The summed E-state index contributed by atoms with van der Waals surface area (Å²) in [6, 6.07) is 0. The quantitative estimate of drug-likeness (QED) is 0.668. The van der Waals surface area contributed by atoms with Crippen LogP contribution in [0.5, 0.6) is 5.88 Å². The van der Waals surface area contributed by atoms with Gasteiger partial charge in [0.05, 0.1) is 12.0 Å². The molecular formula is C13H25N3O2S. The number of nitrogens with zero attached hydrogens (tertiary/aromatic N) is 2. The average molecular weight is 287 g/mol. The predicted octanol–water partition coefficient (Wildman–Crippen LogP) is 2.12. The van der Waals surface area contributed by atoms with Gasteiger partial charge in [-0.15, -0.1) is 0 Å². The van der Waals surface area contributed by atoms with Crippen molar-refractivity contribution in [3.05, 3.63) is 4.88 Å². The maximum atomic E-state index is 5.43. The Morgan fingerprint density at radius 2 is 2.11 bits per heavy atom. The molecule has 0 atom stereocenters. The maximum Gasteiger partial charge on any atom is 0.230 e. The van der Waals surface area contributed by atoms with Crippen LogP contribution in [0.1, 0.15) is 24.6 Å². The fraction of sp³-hybridized carbons (Fsp3) is 0.769. The highest BCUT2D eigenvalue weighted by atomic mass is 32.1. The van der Waals surface area contributed by atoms with Crippen LogP contribution in [0, 0.1) is 0 Å². The van der Waals surface area contributed by atoms with E-state index in [9.17, 15) is 0 Å². The second-order valence-corrected chi connectivity index (χ2v) is 5.53. The summed E-state index contributed by atoms with van der Waals surface area (Å²) >= 11 is 1.66. The number of ether oxygens (including phenoxy) is 2. The standard InChI is InChI=1S/C13H25N3O2S/c1-5-8-18-9-6-7-14-10-11-12(17-4)15-13(19-11)16(2)3/h14H,5-10H2,1-4H3. The minimum atomic E-state index is 0.725. The Balaban J connectivity index is 2.28. The molecule has 0 spiro atoms. The Labute approximate surface area is 119 Å². The third-order valence-electron chi connectivity index (χ3n) is 2.50. The third-order valence-corrected chi connectivity index (χ3v) is 3.71. The van der Waals surface area contributed by atoms with Gasteiger partial charge in [-0.1, -0.05) is 18.3 Å². The molecule has 0 aliphatic carbocycles. The van der Waals surface area contributed by atoms with E-state index in [1.807, 2.05) is 19.0 Å². The molecule has 0 aliphatic rings. The summed E-state index contributed by atoms with van der Waals surface area (Å²) < 4.78 is 10.7. The molecule has 19 heavy (non-hydrogen) atoms. The monoisotopic (exact) mass is 287 g/mol. The van der Waals surface area contributed by atoms with Gasteiger partial charge in [0.25, 0.3) is 0 Å². The van der Waals surface area contributed by atoms with Gasteiger partial charge in [-0.05, 0) is 19.4 Å². The van der Waals surface area contributed by atoms with Crippen molar-refractivity contribution in [3.63, 3.8) is 0 Å². The maximum absolute atomic E-state index is 5.43. The first kappa shape index (κ1) is 16.2. The average Bonchev–Trinajstić information content (AvgIpc) is 2.81. The second-order valence-electron chi connectivity index (χ2n) is 4.47. The molecular weight excluding hydrogens is 262 g/mol.